The molecule has 0 aromatic carbocycles. The second-order valence-electron chi connectivity index (χ2n) is 3.47. The van der Waals surface area contributed by atoms with Gasteiger partial charge in [0.05, 0.1) is 0 Å². The van der Waals surface area contributed by atoms with Crippen LogP contribution in [0.5, 0.6) is 5.88 Å². The van der Waals surface area contributed by atoms with Crippen LogP contribution in [0.4, 0.5) is 0 Å². The van der Waals surface area contributed by atoms with Crippen LogP contribution in [0.15, 0.2) is 4.79 Å². The number of fused-ring (bicyclic) bond motifs is 1. The molecule has 5 nitrogen and oxygen atoms in total. The Morgan fingerprint density at radius 3 is 2.44 bits per heavy atom. The first-order chi connectivity index (χ1) is 7.61. The van der Waals surface area contributed by atoms with Crippen molar-refractivity contribution in [3.63, 3.8) is 0 Å². The molecule has 0 spiro atoms. The number of nitrogens with zero attached hydrogens (tertiary/aromatic N) is 2. The number of hydrogen-bond acceptors (Lipinski definition) is 4. The number of aromatic nitrogens is 2. The summed E-state index contributed by atoms with van der Waals surface area (Å²) >= 11 is 5.19. The fourth-order valence-electron chi connectivity index (χ4n) is 1.83. The molecule has 6 heteroatoms. The van der Waals surface area contributed by atoms with Crippen molar-refractivity contribution in [1.29, 1.82) is 0 Å². The normalized spacial score (nSPS) is 13.8. The summed E-state index contributed by atoms with van der Waals surface area (Å²) in [6, 6.07) is 0. The van der Waals surface area contributed by atoms with Gasteiger partial charge in [-0.15, -0.1) is 0 Å². The first kappa shape index (κ1) is 11.1. The van der Waals surface area contributed by atoms with E-state index in [1.807, 2.05) is 13.8 Å². The highest BCUT2D eigenvalue weighted by Crippen LogP contribution is 2.22. The smallest absolute Gasteiger partial charge is 0.269 e. The highest BCUT2D eigenvalue weighted by atomic mass is 32.1. The van der Waals surface area contributed by atoms with Crippen molar-refractivity contribution < 1.29 is 9.53 Å². The Kier molecular flexibility index (Phi) is 2.67. The molecule has 0 fully saturated rings. The summed E-state index contributed by atoms with van der Waals surface area (Å²) in [7, 11) is 0. The van der Waals surface area contributed by atoms with Gasteiger partial charge in [-0.3, -0.25) is 18.7 Å². The van der Waals surface area contributed by atoms with Crippen LogP contribution in [0, 0.1) is 4.77 Å². The Balaban J connectivity index is 2.91. The van der Waals surface area contributed by atoms with Crippen LogP contribution in [0.2, 0.25) is 0 Å². The third-order valence-corrected chi connectivity index (χ3v) is 3.07. The summed E-state index contributed by atoms with van der Waals surface area (Å²) in [6.45, 7) is 4.69. The van der Waals surface area contributed by atoms with Gasteiger partial charge in [0.2, 0.25) is 11.7 Å². The van der Waals surface area contributed by atoms with Crippen LogP contribution in [0.25, 0.3) is 0 Å². The second kappa shape index (κ2) is 3.86. The summed E-state index contributed by atoms with van der Waals surface area (Å²) in [5.41, 5.74) is -0.202. The number of ether oxygens (including phenoxy) is 1. The SMILES string of the molecule is CCn1c2c(c(=O)n(CC)c1=S)C(=O)CO2. The highest BCUT2D eigenvalue weighted by molar-refractivity contribution is 7.71. The lowest BCUT2D eigenvalue weighted by Gasteiger charge is -2.12. The molecule has 1 aliphatic rings. The predicted molar refractivity (Wildman–Crippen MR) is 60.7 cm³/mol. The van der Waals surface area contributed by atoms with Crippen molar-refractivity contribution in [3.8, 4) is 5.88 Å². The molecule has 1 aromatic rings. The van der Waals surface area contributed by atoms with E-state index in [0.29, 0.717) is 23.7 Å². The summed E-state index contributed by atoms with van der Waals surface area (Å²) < 4.78 is 8.74. The summed E-state index contributed by atoms with van der Waals surface area (Å²) in [4.78, 5) is 23.5. The van der Waals surface area contributed by atoms with Crippen molar-refractivity contribution >= 4 is 18.0 Å². The Hall–Kier alpha value is -1.43. The minimum absolute atomic E-state index is 0.0624. The molecule has 2 heterocycles. The van der Waals surface area contributed by atoms with E-state index in [2.05, 4.69) is 0 Å². The van der Waals surface area contributed by atoms with Gasteiger partial charge in [-0.25, -0.2) is 0 Å². The summed E-state index contributed by atoms with van der Waals surface area (Å²) in [6.07, 6.45) is 0. The zero-order valence-electron chi connectivity index (χ0n) is 9.15. The topological polar surface area (TPSA) is 53.2 Å². The van der Waals surface area contributed by atoms with Gasteiger partial charge in [-0.1, -0.05) is 0 Å². The number of rotatable bonds is 2. The first-order valence-electron chi connectivity index (χ1n) is 5.15. The molecule has 1 aliphatic heterocycles. The molecule has 0 saturated carbocycles. The van der Waals surface area contributed by atoms with E-state index in [-0.39, 0.29) is 23.5 Å². The summed E-state index contributed by atoms with van der Waals surface area (Å²) in [5, 5.41) is 0. The van der Waals surface area contributed by atoms with Gasteiger partial charge in [0.25, 0.3) is 5.56 Å². The molecule has 16 heavy (non-hydrogen) atoms. The monoisotopic (exact) mass is 240 g/mol. The lowest BCUT2D eigenvalue weighted by atomic mass is 10.2. The van der Waals surface area contributed by atoms with Gasteiger partial charge in [-0.05, 0) is 26.1 Å². The van der Waals surface area contributed by atoms with E-state index in [4.69, 9.17) is 17.0 Å². The third kappa shape index (κ3) is 1.33. The van der Waals surface area contributed by atoms with Crippen molar-refractivity contribution in [2.24, 2.45) is 0 Å². The van der Waals surface area contributed by atoms with Crippen LogP contribution in [0.3, 0.4) is 0 Å². The van der Waals surface area contributed by atoms with Crippen LogP contribution in [-0.2, 0) is 13.1 Å². The molecule has 0 atom stereocenters. The molecule has 0 aliphatic carbocycles. The molecule has 0 N–H and O–H groups in total. The maximum Gasteiger partial charge on any atom is 0.269 e. The Morgan fingerprint density at radius 1 is 1.25 bits per heavy atom. The zero-order chi connectivity index (χ0) is 11.9. The fraction of sp³-hybridized carbons (Fsp3) is 0.500. The first-order valence-corrected chi connectivity index (χ1v) is 5.56. The molecule has 0 bridgehead atoms. The van der Waals surface area contributed by atoms with E-state index < -0.39 is 0 Å². The Morgan fingerprint density at radius 2 is 1.88 bits per heavy atom. The van der Waals surface area contributed by atoms with E-state index in [9.17, 15) is 9.59 Å². The van der Waals surface area contributed by atoms with Crippen molar-refractivity contribution in [2.75, 3.05) is 6.61 Å². The third-order valence-electron chi connectivity index (χ3n) is 2.63. The molecule has 2 rings (SSSR count). The fourth-order valence-corrected chi connectivity index (χ4v) is 2.26. The number of ketones is 1. The minimum atomic E-state index is -0.338. The van der Waals surface area contributed by atoms with Crippen molar-refractivity contribution in [1.82, 2.24) is 9.13 Å². The average molecular weight is 240 g/mol. The van der Waals surface area contributed by atoms with Crippen molar-refractivity contribution in [3.05, 3.63) is 20.7 Å². The highest BCUT2D eigenvalue weighted by Gasteiger charge is 2.29. The largest absolute Gasteiger partial charge is 0.470 e. The standard InChI is InChI=1S/C10H12N2O3S/c1-3-11-8(14)7-6(13)5-15-9(7)12(4-2)10(11)16/h3-5H2,1-2H3. The van der Waals surface area contributed by atoms with Crippen LogP contribution >= 0.6 is 12.2 Å². The Bertz CT molecular complexity index is 571. The number of Topliss-reactive ketones (excluding diaryl/α,β-unsaturated/α-hetero) is 1. The number of carbonyl (C=O) groups excluding carboxylic acids is 1. The average Bonchev–Trinajstić information content (AvgIpc) is 2.62. The predicted octanol–water partition coefficient (Wildman–Crippen LogP) is 0.994. The maximum atomic E-state index is 12.0. The molecule has 0 unspecified atom stereocenters. The molecule has 86 valence electrons. The second-order valence-corrected chi connectivity index (χ2v) is 3.83. The van der Waals surface area contributed by atoms with Gasteiger partial charge >= 0.3 is 0 Å². The van der Waals surface area contributed by atoms with Gasteiger partial charge in [0.1, 0.15) is 5.56 Å². The van der Waals surface area contributed by atoms with Crippen LogP contribution in [-0.4, -0.2) is 21.5 Å². The van der Waals surface area contributed by atoms with Gasteiger partial charge in [0.15, 0.2) is 11.4 Å². The van der Waals surface area contributed by atoms with Crippen LogP contribution < -0.4 is 10.3 Å². The molecule has 0 saturated heterocycles. The van der Waals surface area contributed by atoms with E-state index >= 15 is 0 Å². The van der Waals surface area contributed by atoms with E-state index in [0.717, 1.165) is 0 Å². The summed E-state index contributed by atoms with van der Waals surface area (Å²) in [5.74, 6) is 0.0617. The quantitative estimate of drug-likeness (QED) is 0.723. The number of carbonyl (C=O) groups is 1. The Labute approximate surface area is 97.3 Å². The molecule has 1 aromatic heterocycles. The lowest BCUT2D eigenvalue weighted by molar-refractivity contribution is 0.0958. The minimum Gasteiger partial charge on any atom is -0.470 e. The lowest BCUT2D eigenvalue weighted by Crippen LogP contribution is -2.28. The molecular formula is C10H12N2O3S. The van der Waals surface area contributed by atoms with Gasteiger partial charge in [0, 0.05) is 13.1 Å². The molecule has 0 radical (unpaired) electrons. The van der Waals surface area contributed by atoms with Crippen molar-refractivity contribution in [2.45, 2.75) is 26.9 Å². The molecular weight excluding hydrogens is 228 g/mol. The van der Waals surface area contributed by atoms with Gasteiger partial charge in [-0.2, -0.15) is 0 Å². The van der Waals surface area contributed by atoms with Gasteiger partial charge < -0.3 is 4.74 Å². The number of hydrogen-bond donors (Lipinski definition) is 0. The maximum absolute atomic E-state index is 12.0. The van der Waals surface area contributed by atoms with E-state index in [1.54, 1.807) is 4.57 Å². The zero-order valence-corrected chi connectivity index (χ0v) is 9.97. The van der Waals surface area contributed by atoms with E-state index in [1.165, 1.54) is 4.57 Å². The van der Waals surface area contributed by atoms with Crippen LogP contribution in [0.1, 0.15) is 24.2 Å². The molecule has 0 amide bonds.